The molecule has 2 heterocycles. The lowest BCUT2D eigenvalue weighted by atomic mass is 9.90. The zero-order chi connectivity index (χ0) is 17.8. The van der Waals surface area contributed by atoms with Crippen LogP contribution in [0.3, 0.4) is 0 Å². The van der Waals surface area contributed by atoms with Crippen LogP contribution < -0.4 is 15.4 Å². The van der Waals surface area contributed by atoms with Crippen molar-refractivity contribution < 1.29 is 9.53 Å². The van der Waals surface area contributed by atoms with Crippen molar-refractivity contribution in [3.05, 3.63) is 41.7 Å². The smallest absolute Gasteiger partial charge is 0.229 e. The maximum atomic E-state index is 12.9. The minimum absolute atomic E-state index is 0. The van der Waals surface area contributed by atoms with Gasteiger partial charge in [0.2, 0.25) is 5.91 Å². The molecule has 0 spiro atoms. The van der Waals surface area contributed by atoms with Crippen molar-refractivity contribution in [1.82, 2.24) is 15.1 Å². The number of halogens is 1. The Labute approximate surface area is 160 Å². The Morgan fingerprint density at radius 2 is 2.23 bits per heavy atom. The normalized spacial score (nSPS) is 19.0. The van der Waals surface area contributed by atoms with E-state index >= 15 is 0 Å². The molecule has 7 heteroatoms. The van der Waals surface area contributed by atoms with E-state index in [0.29, 0.717) is 13.2 Å². The van der Waals surface area contributed by atoms with Crippen LogP contribution in [0, 0.1) is 12.8 Å². The summed E-state index contributed by atoms with van der Waals surface area (Å²) < 4.78 is 7.58. The third-order valence-electron chi connectivity index (χ3n) is 4.56. The SMILES string of the molecule is CCCOc1cc(C)ccc1NC(=O)[C@H]1CNC[C@@H]1c1cnn(C)c1.Cl. The van der Waals surface area contributed by atoms with E-state index in [1.807, 2.05) is 44.6 Å². The lowest BCUT2D eigenvalue weighted by molar-refractivity contribution is -0.119. The number of anilines is 1. The van der Waals surface area contributed by atoms with Crippen LogP contribution in [0.1, 0.15) is 30.4 Å². The maximum absolute atomic E-state index is 12.9. The highest BCUT2D eigenvalue weighted by Crippen LogP contribution is 2.31. The molecule has 0 bridgehead atoms. The molecule has 2 N–H and O–H groups in total. The van der Waals surface area contributed by atoms with Gasteiger partial charge >= 0.3 is 0 Å². The van der Waals surface area contributed by atoms with E-state index in [-0.39, 0.29) is 30.2 Å². The van der Waals surface area contributed by atoms with Crippen molar-refractivity contribution in [1.29, 1.82) is 0 Å². The minimum atomic E-state index is -0.121. The van der Waals surface area contributed by atoms with E-state index in [4.69, 9.17) is 4.74 Å². The average Bonchev–Trinajstić information content (AvgIpc) is 3.23. The zero-order valence-electron chi connectivity index (χ0n) is 15.5. The summed E-state index contributed by atoms with van der Waals surface area (Å²) in [5.74, 6) is 0.770. The summed E-state index contributed by atoms with van der Waals surface area (Å²) in [6, 6.07) is 5.87. The van der Waals surface area contributed by atoms with Gasteiger partial charge in [0.1, 0.15) is 5.75 Å². The second-order valence-electron chi connectivity index (χ2n) is 6.66. The Bertz CT molecular complexity index is 747. The molecule has 0 saturated carbocycles. The molecule has 2 atom stereocenters. The fraction of sp³-hybridized carbons (Fsp3) is 0.474. The highest BCUT2D eigenvalue weighted by atomic mass is 35.5. The summed E-state index contributed by atoms with van der Waals surface area (Å²) in [7, 11) is 1.89. The maximum Gasteiger partial charge on any atom is 0.229 e. The van der Waals surface area contributed by atoms with Gasteiger partial charge < -0.3 is 15.4 Å². The fourth-order valence-corrected chi connectivity index (χ4v) is 3.23. The standard InChI is InChI=1S/C19H26N4O2.ClH/c1-4-7-25-18-8-13(2)5-6-17(18)22-19(24)16-11-20-10-15(16)14-9-21-23(3)12-14;/h5-6,8-9,12,15-16,20H,4,7,10-11H2,1-3H3,(H,22,24);1H/t15-,16+;/m1./s1. The Morgan fingerprint density at radius 1 is 1.42 bits per heavy atom. The minimum Gasteiger partial charge on any atom is -0.491 e. The molecular formula is C19H27ClN4O2. The van der Waals surface area contributed by atoms with Gasteiger partial charge in [0.15, 0.2) is 0 Å². The van der Waals surface area contributed by atoms with Gasteiger partial charge in [-0.3, -0.25) is 9.48 Å². The highest BCUT2D eigenvalue weighted by molar-refractivity contribution is 5.95. The molecule has 3 rings (SSSR count). The molecule has 2 aromatic rings. The summed E-state index contributed by atoms with van der Waals surface area (Å²) in [6.45, 7) is 6.18. The average molecular weight is 379 g/mol. The van der Waals surface area contributed by atoms with Gasteiger partial charge in [-0.2, -0.15) is 5.10 Å². The second-order valence-corrected chi connectivity index (χ2v) is 6.66. The van der Waals surface area contributed by atoms with E-state index in [0.717, 1.165) is 35.5 Å². The molecule has 1 amide bonds. The molecule has 1 fully saturated rings. The van der Waals surface area contributed by atoms with E-state index in [9.17, 15) is 4.79 Å². The molecule has 142 valence electrons. The highest BCUT2D eigenvalue weighted by Gasteiger charge is 2.35. The van der Waals surface area contributed by atoms with E-state index in [1.165, 1.54) is 0 Å². The Kier molecular flexibility index (Phi) is 7.06. The monoisotopic (exact) mass is 378 g/mol. The van der Waals surface area contributed by atoms with Crippen molar-refractivity contribution >= 4 is 24.0 Å². The molecule has 0 aliphatic carbocycles. The molecular weight excluding hydrogens is 352 g/mol. The zero-order valence-corrected chi connectivity index (χ0v) is 16.3. The van der Waals surface area contributed by atoms with Gasteiger partial charge in [-0.25, -0.2) is 0 Å². The number of aromatic nitrogens is 2. The van der Waals surface area contributed by atoms with Crippen LogP contribution in [0.2, 0.25) is 0 Å². The van der Waals surface area contributed by atoms with Gasteiger partial charge in [-0.1, -0.05) is 13.0 Å². The number of hydrogen-bond donors (Lipinski definition) is 2. The molecule has 0 unspecified atom stereocenters. The third-order valence-corrected chi connectivity index (χ3v) is 4.56. The van der Waals surface area contributed by atoms with Crippen molar-refractivity contribution in [2.24, 2.45) is 13.0 Å². The van der Waals surface area contributed by atoms with Crippen molar-refractivity contribution in [2.45, 2.75) is 26.2 Å². The number of nitrogens with zero attached hydrogens (tertiary/aromatic N) is 2. The van der Waals surface area contributed by atoms with Gasteiger partial charge in [-0.05, 0) is 36.6 Å². The van der Waals surface area contributed by atoms with E-state index in [1.54, 1.807) is 4.68 Å². The first-order chi connectivity index (χ1) is 12.1. The van der Waals surface area contributed by atoms with Gasteiger partial charge in [0.05, 0.1) is 24.4 Å². The van der Waals surface area contributed by atoms with Crippen LogP contribution in [-0.4, -0.2) is 35.4 Å². The van der Waals surface area contributed by atoms with E-state index < -0.39 is 0 Å². The Morgan fingerprint density at radius 3 is 2.92 bits per heavy atom. The second kappa shape index (κ2) is 9.05. The topological polar surface area (TPSA) is 68.2 Å². The quantitative estimate of drug-likeness (QED) is 0.811. The van der Waals surface area contributed by atoms with Crippen LogP contribution >= 0.6 is 12.4 Å². The number of nitrogens with one attached hydrogen (secondary N) is 2. The van der Waals surface area contributed by atoms with Gasteiger partial charge in [0.25, 0.3) is 0 Å². The number of aryl methyl sites for hydroxylation is 2. The summed E-state index contributed by atoms with van der Waals surface area (Å²) in [5.41, 5.74) is 2.94. The van der Waals surface area contributed by atoms with Gasteiger partial charge in [-0.15, -0.1) is 12.4 Å². The molecule has 0 radical (unpaired) electrons. The lowest BCUT2D eigenvalue weighted by Crippen LogP contribution is -2.28. The molecule has 6 nitrogen and oxygen atoms in total. The summed E-state index contributed by atoms with van der Waals surface area (Å²) in [4.78, 5) is 12.9. The van der Waals surface area contributed by atoms with E-state index in [2.05, 4.69) is 22.7 Å². The Hall–Kier alpha value is -2.05. The van der Waals surface area contributed by atoms with Crippen molar-refractivity contribution in [2.75, 3.05) is 25.0 Å². The fourth-order valence-electron chi connectivity index (χ4n) is 3.23. The largest absolute Gasteiger partial charge is 0.491 e. The summed E-state index contributed by atoms with van der Waals surface area (Å²) in [6.07, 6.45) is 4.76. The van der Waals surface area contributed by atoms with Crippen LogP contribution in [0.15, 0.2) is 30.6 Å². The number of benzene rings is 1. The molecule has 1 aromatic carbocycles. The first-order valence-electron chi connectivity index (χ1n) is 8.82. The molecule has 1 saturated heterocycles. The van der Waals surface area contributed by atoms with Crippen LogP contribution in [0.5, 0.6) is 5.75 Å². The Balaban J connectivity index is 0.00000243. The number of amides is 1. The molecule has 1 aromatic heterocycles. The summed E-state index contributed by atoms with van der Waals surface area (Å²) in [5, 5.41) is 10.6. The van der Waals surface area contributed by atoms with Crippen LogP contribution in [0.4, 0.5) is 5.69 Å². The number of carbonyl (C=O) groups excluding carboxylic acids is 1. The van der Waals surface area contributed by atoms with Crippen molar-refractivity contribution in [3.8, 4) is 5.75 Å². The number of rotatable bonds is 6. The third kappa shape index (κ3) is 4.56. The van der Waals surface area contributed by atoms with Crippen molar-refractivity contribution in [3.63, 3.8) is 0 Å². The van der Waals surface area contributed by atoms with Crippen LogP contribution in [-0.2, 0) is 11.8 Å². The number of hydrogen-bond acceptors (Lipinski definition) is 4. The lowest BCUT2D eigenvalue weighted by Gasteiger charge is -2.19. The molecule has 1 aliphatic heterocycles. The molecule has 1 aliphatic rings. The number of ether oxygens (including phenoxy) is 1. The first-order valence-corrected chi connectivity index (χ1v) is 8.82. The predicted molar refractivity (Wildman–Crippen MR) is 105 cm³/mol. The summed E-state index contributed by atoms with van der Waals surface area (Å²) >= 11 is 0. The first kappa shape index (κ1) is 20.3. The van der Waals surface area contributed by atoms with Gasteiger partial charge in [0, 0.05) is 32.3 Å². The molecule has 26 heavy (non-hydrogen) atoms. The predicted octanol–water partition coefficient (Wildman–Crippen LogP) is 2.88. The number of carbonyl (C=O) groups is 1. The van der Waals surface area contributed by atoms with Crippen LogP contribution in [0.25, 0.3) is 0 Å².